The van der Waals surface area contributed by atoms with Gasteiger partial charge in [0.15, 0.2) is 5.96 Å². The molecule has 2 rings (SSSR count). The molecule has 1 aliphatic heterocycles. The first kappa shape index (κ1) is 19.1. The zero-order valence-corrected chi connectivity index (χ0v) is 14.5. The van der Waals surface area contributed by atoms with Crippen LogP contribution < -0.4 is 10.6 Å². The Kier molecular flexibility index (Phi) is 7.63. The van der Waals surface area contributed by atoms with Crippen LogP contribution in [0, 0.1) is 5.92 Å². The van der Waals surface area contributed by atoms with Crippen LogP contribution in [0.2, 0.25) is 0 Å². The van der Waals surface area contributed by atoms with E-state index in [1.807, 2.05) is 30.0 Å². The van der Waals surface area contributed by atoms with E-state index in [4.69, 9.17) is 0 Å². The number of halogens is 2. The number of carbonyl (C=O) groups is 1. The van der Waals surface area contributed by atoms with Crippen molar-refractivity contribution < 1.29 is 13.6 Å². The van der Waals surface area contributed by atoms with Crippen LogP contribution in [0.4, 0.5) is 8.78 Å². The minimum atomic E-state index is -2.46. The number of carbonyl (C=O) groups excluding carboxylic acids is 1. The maximum absolute atomic E-state index is 12.3. The Balaban J connectivity index is 1.78. The maximum atomic E-state index is 12.3. The SMILES string of the molecule is CCNC(=NCC(F)F)NCC1CC(=O)N(CCc2ccccc2)C1. The third-order valence-corrected chi connectivity index (χ3v) is 4.10. The van der Waals surface area contributed by atoms with E-state index in [-0.39, 0.29) is 11.8 Å². The van der Waals surface area contributed by atoms with E-state index < -0.39 is 13.0 Å². The molecule has 7 heteroatoms. The van der Waals surface area contributed by atoms with Crippen LogP contribution in [0.25, 0.3) is 0 Å². The molecule has 0 radical (unpaired) electrons. The number of aliphatic imine (C=N–C) groups is 1. The number of hydrogen-bond acceptors (Lipinski definition) is 2. The minimum absolute atomic E-state index is 0.150. The van der Waals surface area contributed by atoms with E-state index in [9.17, 15) is 13.6 Å². The lowest BCUT2D eigenvalue weighted by Gasteiger charge is -2.18. The van der Waals surface area contributed by atoms with E-state index in [2.05, 4.69) is 27.8 Å². The molecule has 1 atom stereocenters. The third-order valence-electron chi connectivity index (χ3n) is 4.10. The summed E-state index contributed by atoms with van der Waals surface area (Å²) in [7, 11) is 0. The number of hydrogen-bond donors (Lipinski definition) is 2. The summed E-state index contributed by atoms with van der Waals surface area (Å²) in [5, 5.41) is 6.00. The quantitative estimate of drug-likeness (QED) is 0.555. The first-order valence-corrected chi connectivity index (χ1v) is 8.70. The largest absolute Gasteiger partial charge is 0.357 e. The zero-order chi connectivity index (χ0) is 18.1. The molecule has 1 saturated heterocycles. The van der Waals surface area contributed by atoms with Gasteiger partial charge in [-0.2, -0.15) is 0 Å². The average Bonchev–Trinajstić information content (AvgIpc) is 2.96. The summed E-state index contributed by atoms with van der Waals surface area (Å²) in [6.07, 6.45) is -1.14. The first-order valence-electron chi connectivity index (χ1n) is 8.70. The average molecular weight is 352 g/mol. The highest BCUT2D eigenvalue weighted by Crippen LogP contribution is 2.17. The van der Waals surface area contributed by atoms with Crippen LogP contribution in [0.5, 0.6) is 0 Å². The number of rotatable bonds is 8. The predicted octanol–water partition coefficient (Wildman–Crippen LogP) is 1.90. The fourth-order valence-electron chi connectivity index (χ4n) is 2.86. The molecule has 138 valence electrons. The highest BCUT2D eigenvalue weighted by atomic mass is 19.3. The van der Waals surface area contributed by atoms with Crippen molar-refractivity contribution in [3.8, 4) is 0 Å². The Labute approximate surface area is 147 Å². The molecular formula is C18H26F2N4O. The van der Waals surface area contributed by atoms with Crippen LogP contribution in [0.3, 0.4) is 0 Å². The van der Waals surface area contributed by atoms with Crippen LogP contribution in [0.1, 0.15) is 18.9 Å². The molecule has 2 N–H and O–H groups in total. The highest BCUT2D eigenvalue weighted by molar-refractivity contribution is 5.81. The van der Waals surface area contributed by atoms with Gasteiger partial charge in [0.25, 0.3) is 6.43 Å². The monoisotopic (exact) mass is 352 g/mol. The second-order valence-corrected chi connectivity index (χ2v) is 6.14. The number of amides is 1. The normalized spacial score (nSPS) is 18.1. The predicted molar refractivity (Wildman–Crippen MR) is 94.8 cm³/mol. The van der Waals surface area contributed by atoms with Gasteiger partial charge < -0.3 is 15.5 Å². The number of nitrogens with zero attached hydrogens (tertiary/aromatic N) is 2. The molecule has 1 fully saturated rings. The maximum Gasteiger partial charge on any atom is 0.257 e. The Morgan fingerprint density at radius 2 is 2.08 bits per heavy atom. The van der Waals surface area contributed by atoms with Crippen LogP contribution in [-0.4, -0.2) is 55.9 Å². The number of alkyl halides is 2. The Morgan fingerprint density at radius 3 is 2.76 bits per heavy atom. The van der Waals surface area contributed by atoms with Crippen molar-refractivity contribution in [1.82, 2.24) is 15.5 Å². The molecule has 1 amide bonds. The lowest BCUT2D eigenvalue weighted by Crippen LogP contribution is -2.40. The van der Waals surface area contributed by atoms with Crippen molar-refractivity contribution >= 4 is 11.9 Å². The molecule has 0 bridgehead atoms. The molecule has 1 aromatic rings. The van der Waals surface area contributed by atoms with Gasteiger partial charge in [0.05, 0.1) is 0 Å². The standard InChI is InChI=1S/C18H26F2N4O/c1-2-21-18(23-12-16(19)20)22-11-15-10-17(25)24(13-15)9-8-14-6-4-3-5-7-14/h3-7,15-16H,2,8-13H2,1H3,(H2,21,22,23). The molecular weight excluding hydrogens is 326 g/mol. The molecule has 1 unspecified atom stereocenters. The Bertz CT molecular complexity index is 565. The first-order chi connectivity index (χ1) is 12.1. The molecule has 0 saturated carbocycles. The summed E-state index contributed by atoms with van der Waals surface area (Å²) in [6.45, 7) is 3.89. The van der Waals surface area contributed by atoms with Crippen molar-refractivity contribution in [3.05, 3.63) is 35.9 Å². The van der Waals surface area contributed by atoms with Gasteiger partial charge in [-0.25, -0.2) is 13.8 Å². The van der Waals surface area contributed by atoms with Crippen LogP contribution >= 0.6 is 0 Å². The van der Waals surface area contributed by atoms with E-state index in [0.29, 0.717) is 38.6 Å². The summed E-state index contributed by atoms with van der Waals surface area (Å²) in [5.41, 5.74) is 1.21. The van der Waals surface area contributed by atoms with Crippen molar-refractivity contribution in [2.24, 2.45) is 10.9 Å². The van der Waals surface area contributed by atoms with Gasteiger partial charge in [0.1, 0.15) is 6.54 Å². The van der Waals surface area contributed by atoms with Crippen molar-refractivity contribution in [3.63, 3.8) is 0 Å². The fraction of sp³-hybridized carbons (Fsp3) is 0.556. The second kappa shape index (κ2) is 9.96. The summed E-state index contributed by atoms with van der Waals surface area (Å²) in [6, 6.07) is 10.1. The zero-order valence-electron chi connectivity index (χ0n) is 14.5. The molecule has 5 nitrogen and oxygen atoms in total. The topological polar surface area (TPSA) is 56.7 Å². The molecule has 0 aromatic heterocycles. The van der Waals surface area contributed by atoms with Gasteiger partial charge in [0.2, 0.25) is 5.91 Å². The Morgan fingerprint density at radius 1 is 1.32 bits per heavy atom. The molecule has 0 spiro atoms. The Hall–Kier alpha value is -2.18. The smallest absolute Gasteiger partial charge is 0.257 e. The molecule has 1 heterocycles. The van der Waals surface area contributed by atoms with Crippen molar-refractivity contribution in [2.75, 3.05) is 32.7 Å². The van der Waals surface area contributed by atoms with Gasteiger partial charge in [-0.15, -0.1) is 0 Å². The summed E-state index contributed by atoms with van der Waals surface area (Å²) < 4.78 is 24.6. The molecule has 0 aliphatic carbocycles. The fourth-order valence-corrected chi connectivity index (χ4v) is 2.86. The number of likely N-dealkylation sites (tertiary alicyclic amines) is 1. The third kappa shape index (κ3) is 6.68. The van der Waals surface area contributed by atoms with Gasteiger partial charge in [-0.1, -0.05) is 30.3 Å². The van der Waals surface area contributed by atoms with Gasteiger partial charge in [-0.3, -0.25) is 4.79 Å². The lowest BCUT2D eigenvalue weighted by atomic mass is 10.1. The van der Waals surface area contributed by atoms with E-state index in [1.54, 1.807) is 0 Å². The summed E-state index contributed by atoms with van der Waals surface area (Å²) in [5.74, 6) is 0.689. The number of nitrogens with one attached hydrogen (secondary N) is 2. The van der Waals surface area contributed by atoms with E-state index >= 15 is 0 Å². The van der Waals surface area contributed by atoms with Crippen molar-refractivity contribution in [1.29, 1.82) is 0 Å². The lowest BCUT2D eigenvalue weighted by molar-refractivity contribution is -0.127. The summed E-state index contributed by atoms with van der Waals surface area (Å²) in [4.78, 5) is 17.9. The van der Waals surface area contributed by atoms with E-state index in [1.165, 1.54) is 5.56 Å². The molecule has 1 aromatic carbocycles. The van der Waals surface area contributed by atoms with Gasteiger partial charge in [-0.05, 0) is 18.9 Å². The molecule has 25 heavy (non-hydrogen) atoms. The number of guanidine groups is 1. The van der Waals surface area contributed by atoms with Gasteiger partial charge in [0, 0.05) is 38.5 Å². The highest BCUT2D eigenvalue weighted by Gasteiger charge is 2.29. The van der Waals surface area contributed by atoms with Crippen LogP contribution in [0.15, 0.2) is 35.3 Å². The molecule has 1 aliphatic rings. The van der Waals surface area contributed by atoms with Crippen LogP contribution in [-0.2, 0) is 11.2 Å². The number of benzene rings is 1. The van der Waals surface area contributed by atoms with Gasteiger partial charge >= 0.3 is 0 Å². The van der Waals surface area contributed by atoms with Crippen molar-refractivity contribution in [2.45, 2.75) is 26.2 Å². The summed E-state index contributed by atoms with van der Waals surface area (Å²) >= 11 is 0. The minimum Gasteiger partial charge on any atom is -0.357 e. The second-order valence-electron chi connectivity index (χ2n) is 6.14. The van der Waals surface area contributed by atoms with E-state index in [0.717, 1.165) is 6.42 Å².